The normalized spacial score (nSPS) is 17.0. The number of rotatable bonds is 10. The molecule has 1 atom stereocenters. The standard InChI is InChI=1S/C27H31ClN4O4S/c1-17-6-7-19(15-22(17)28)30-27(36)29-12-4-2-3-5-13-37-20-8-9-21-18(14-20)16-32(26(21)35)23-10-11-24(33)31-25(23)34/h6-9,14-15,23H,2-5,10-13,16H2,1H3,(H2,29,30,36)(H,31,33,34). The maximum Gasteiger partial charge on any atom is 0.319 e. The maximum absolute atomic E-state index is 12.8. The molecule has 1 saturated heterocycles. The molecule has 0 bridgehead atoms. The summed E-state index contributed by atoms with van der Waals surface area (Å²) in [6, 6.07) is 10.4. The van der Waals surface area contributed by atoms with Crippen molar-refractivity contribution in [2.45, 2.75) is 62.9 Å². The minimum Gasteiger partial charge on any atom is -0.338 e. The summed E-state index contributed by atoms with van der Waals surface area (Å²) in [6.45, 7) is 2.92. The number of piperidine rings is 1. The maximum atomic E-state index is 12.8. The highest BCUT2D eigenvalue weighted by atomic mass is 35.5. The smallest absolute Gasteiger partial charge is 0.319 e. The Morgan fingerprint density at radius 2 is 1.92 bits per heavy atom. The lowest BCUT2D eigenvalue weighted by Crippen LogP contribution is -2.52. The minimum absolute atomic E-state index is 0.147. The zero-order chi connectivity index (χ0) is 26.4. The van der Waals surface area contributed by atoms with Crippen molar-refractivity contribution in [2.75, 3.05) is 17.6 Å². The molecule has 0 saturated carbocycles. The topological polar surface area (TPSA) is 108 Å². The van der Waals surface area contributed by atoms with E-state index >= 15 is 0 Å². The van der Waals surface area contributed by atoms with E-state index in [9.17, 15) is 19.2 Å². The van der Waals surface area contributed by atoms with Gasteiger partial charge in [0, 0.05) is 40.7 Å². The summed E-state index contributed by atoms with van der Waals surface area (Å²) in [5.41, 5.74) is 3.20. The van der Waals surface area contributed by atoms with Gasteiger partial charge in [0.1, 0.15) is 6.04 Å². The summed E-state index contributed by atoms with van der Waals surface area (Å²) < 4.78 is 0. The molecule has 10 heteroatoms. The molecule has 37 heavy (non-hydrogen) atoms. The van der Waals surface area contributed by atoms with Gasteiger partial charge in [-0.3, -0.25) is 19.7 Å². The monoisotopic (exact) mass is 542 g/mol. The Hall–Kier alpha value is -3.04. The molecule has 0 radical (unpaired) electrons. The molecule has 1 fully saturated rings. The molecule has 5 amide bonds. The van der Waals surface area contributed by atoms with Gasteiger partial charge in [0.2, 0.25) is 11.8 Å². The number of hydrogen-bond acceptors (Lipinski definition) is 5. The third-order valence-electron chi connectivity index (χ3n) is 6.55. The molecule has 0 aromatic heterocycles. The number of unbranched alkanes of at least 4 members (excludes halogenated alkanes) is 3. The van der Waals surface area contributed by atoms with Crippen molar-refractivity contribution in [2.24, 2.45) is 0 Å². The second kappa shape index (κ2) is 12.5. The zero-order valence-corrected chi connectivity index (χ0v) is 22.3. The first-order chi connectivity index (χ1) is 17.8. The van der Waals surface area contributed by atoms with Gasteiger partial charge in [-0.05, 0) is 73.4 Å². The van der Waals surface area contributed by atoms with Gasteiger partial charge in [0.15, 0.2) is 0 Å². The Kier molecular flexibility index (Phi) is 9.10. The second-order valence-corrected chi connectivity index (χ2v) is 10.9. The number of halogens is 1. The minimum atomic E-state index is -0.588. The third-order valence-corrected chi connectivity index (χ3v) is 8.04. The van der Waals surface area contributed by atoms with E-state index in [1.54, 1.807) is 22.7 Å². The second-order valence-electron chi connectivity index (χ2n) is 9.33. The van der Waals surface area contributed by atoms with E-state index in [0.29, 0.717) is 35.8 Å². The SMILES string of the molecule is Cc1ccc(NC(=O)NCCCCCCSc2ccc3c(c2)CN(C2CCC(=O)NC2=O)C3=O)cc1Cl. The summed E-state index contributed by atoms with van der Waals surface area (Å²) in [4.78, 5) is 51.1. The fourth-order valence-corrected chi connectivity index (χ4v) is 5.61. The molecule has 1 unspecified atom stereocenters. The average molecular weight is 543 g/mol. The van der Waals surface area contributed by atoms with E-state index < -0.39 is 6.04 Å². The predicted octanol–water partition coefficient (Wildman–Crippen LogP) is 4.88. The van der Waals surface area contributed by atoms with Crippen LogP contribution in [0.4, 0.5) is 10.5 Å². The molecule has 8 nitrogen and oxygen atoms in total. The Morgan fingerprint density at radius 1 is 1.11 bits per heavy atom. The number of anilines is 1. The van der Waals surface area contributed by atoms with Crippen LogP contribution in [0.5, 0.6) is 0 Å². The molecule has 2 aromatic rings. The molecule has 196 valence electrons. The number of imide groups is 1. The number of nitrogens with one attached hydrogen (secondary N) is 3. The summed E-state index contributed by atoms with van der Waals surface area (Å²) in [6.07, 6.45) is 4.67. The van der Waals surface area contributed by atoms with Crippen LogP contribution in [-0.2, 0) is 16.1 Å². The van der Waals surface area contributed by atoms with Crippen LogP contribution in [-0.4, -0.2) is 47.0 Å². The number of amides is 5. The summed E-state index contributed by atoms with van der Waals surface area (Å²) in [5.74, 6) is 0.144. The molecule has 0 spiro atoms. The summed E-state index contributed by atoms with van der Waals surface area (Å²) in [5, 5.41) is 8.62. The number of thioether (sulfide) groups is 1. The van der Waals surface area contributed by atoms with E-state index in [1.165, 1.54) is 0 Å². The number of benzene rings is 2. The van der Waals surface area contributed by atoms with Crippen LogP contribution in [0.2, 0.25) is 5.02 Å². The largest absolute Gasteiger partial charge is 0.338 e. The first kappa shape index (κ1) is 27.0. The molecule has 0 aliphatic carbocycles. The first-order valence-corrected chi connectivity index (χ1v) is 13.9. The van der Waals surface area contributed by atoms with Crippen molar-refractivity contribution in [3.05, 3.63) is 58.1 Å². The van der Waals surface area contributed by atoms with E-state index in [0.717, 1.165) is 47.5 Å². The average Bonchev–Trinajstić information content (AvgIpc) is 3.18. The van der Waals surface area contributed by atoms with Gasteiger partial charge in [-0.2, -0.15) is 0 Å². The first-order valence-electron chi connectivity index (χ1n) is 12.5. The molecule has 2 heterocycles. The number of carbonyl (C=O) groups excluding carboxylic acids is 4. The Bertz CT molecular complexity index is 1200. The van der Waals surface area contributed by atoms with Crippen molar-refractivity contribution in [1.82, 2.24) is 15.5 Å². The van der Waals surface area contributed by atoms with Crippen LogP contribution in [0.3, 0.4) is 0 Å². The van der Waals surface area contributed by atoms with Crippen LogP contribution in [0.1, 0.15) is 60.0 Å². The number of urea groups is 1. The molecular formula is C27H31ClN4O4S. The highest BCUT2D eigenvalue weighted by Gasteiger charge is 2.39. The number of nitrogens with zero attached hydrogens (tertiary/aromatic N) is 1. The van der Waals surface area contributed by atoms with Gasteiger partial charge < -0.3 is 15.5 Å². The summed E-state index contributed by atoms with van der Waals surface area (Å²) in [7, 11) is 0. The van der Waals surface area contributed by atoms with Crippen LogP contribution < -0.4 is 16.0 Å². The number of hydrogen-bond donors (Lipinski definition) is 3. The van der Waals surface area contributed by atoms with Crippen LogP contribution in [0, 0.1) is 6.92 Å². The van der Waals surface area contributed by atoms with E-state index in [4.69, 9.17) is 11.6 Å². The van der Waals surface area contributed by atoms with Crippen molar-refractivity contribution in [3.8, 4) is 0 Å². The van der Waals surface area contributed by atoms with Crippen molar-refractivity contribution < 1.29 is 19.2 Å². The third kappa shape index (κ3) is 7.05. The lowest BCUT2D eigenvalue weighted by Gasteiger charge is -2.29. The zero-order valence-electron chi connectivity index (χ0n) is 20.8. The Labute approximate surface area is 225 Å². The molecule has 4 rings (SSSR count). The Morgan fingerprint density at radius 3 is 2.70 bits per heavy atom. The molecular weight excluding hydrogens is 512 g/mol. The molecule has 2 aliphatic heterocycles. The number of fused-ring (bicyclic) bond motifs is 1. The predicted molar refractivity (Wildman–Crippen MR) is 145 cm³/mol. The molecule has 2 aromatic carbocycles. The quantitative estimate of drug-likeness (QED) is 0.225. The van der Waals surface area contributed by atoms with E-state index in [1.807, 2.05) is 37.3 Å². The lowest BCUT2D eigenvalue weighted by molar-refractivity contribution is -0.136. The van der Waals surface area contributed by atoms with Gasteiger partial charge in [-0.1, -0.05) is 30.5 Å². The Balaban J connectivity index is 1.11. The lowest BCUT2D eigenvalue weighted by atomic mass is 10.0. The van der Waals surface area contributed by atoms with E-state index in [2.05, 4.69) is 16.0 Å². The van der Waals surface area contributed by atoms with Crippen LogP contribution in [0.15, 0.2) is 41.3 Å². The van der Waals surface area contributed by atoms with Crippen LogP contribution in [0.25, 0.3) is 0 Å². The van der Waals surface area contributed by atoms with E-state index in [-0.39, 0.29) is 30.2 Å². The number of aryl methyl sites for hydroxylation is 1. The van der Waals surface area contributed by atoms with Gasteiger partial charge in [-0.15, -0.1) is 11.8 Å². The van der Waals surface area contributed by atoms with Gasteiger partial charge in [0.25, 0.3) is 5.91 Å². The van der Waals surface area contributed by atoms with Crippen LogP contribution >= 0.6 is 23.4 Å². The number of carbonyl (C=O) groups is 4. The van der Waals surface area contributed by atoms with Gasteiger partial charge in [0.05, 0.1) is 0 Å². The van der Waals surface area contributed by atoms with Gasteiger partial charge in [-0.25, -0.2) is 4.79 Å². The van der Waals surface area contributed by atoms with Crippen molar-refractivity contribution >= 4 is 52.8 Å². The van der Waals surface area contributed by atoms with Crippen molar-refractivity contribution in [3.63, 3.8) is 0 Å². The highest BCUT2D eigenvalue weighted by molar-refractivity contribution is 7.99. The molecule has 3 N–H and O–H groups in total. The van der Waals surface area contributed by atoms with Crippen molar-refractivity contribution in [1.29, 1.82) is 0 Å². The molecule has 2 aliphatic rings. The highest BCUT2D eigenvalue weighted by Crippen LogP contribution is 2.31. The fraction of sp³-hybridized carbons (Fsp3) is 0.407. The van der Waals surface area contributed by atoms with Gasteiger partial charge >= 0.3 is 6.03 Å². The summed E-state index contributed by atoms with van der Waals surface area (Å²) >= 11 is 7.84. The fourth-order valence-electron chi connectivity index (χ4n) is 4.46.